The van der Waals surface area contributed by atoms with Crippen LogP contribution < -0.4 is 16.4 Å². The van der Waals surface area contributed by atoms with Gasteiger partial charge in [0.1, 0.15) is 17.8 Å². The van der Waals surface area contributed by atoms with Crippen LogP contribution in [0.4, 0.5) is 0 Å². The van der Waals surface area contributed by atoms with Gasteiger partial charge in [0.15, 0.2) is 0 Å². The molecule has 31 heavy (non-hydrogen) atoms. The maximum atomic E-state index is 12.7. The molecule has 11 heteroatoms. The Morgan fingerprint density at radius 3 is 2.06 bits per heavy atom. The highest BCUT2D eigenvalue weighted by atomic mass is 16.4. The Labute approximate surface area is 179 Å². The maximum absolute atomic E-state index is 12.7. The van der Waals surface area contributed by atoms with Crippen molar-refractivity contribution < 1.29 is 39.6 Å². The number of hydrogen-bond donors (Lipinski definition) is 7. The number of carbonyl (C=O) groups is 4. The Kier molecular flexibility index (Phi) is 11.0. The van der Waals surface area contributed by atoms with E-state index in [-0.39, 0.29) is 31.6 Å². The number of carbonyl (C=O) groups excluding carboxylic acids is 2. The largest absolute Gasteiger partial charge is 0.508 e. The molecule has 0 radical (unpaired) electrons. The highest BCUT2D eigenvalue weighted by Gasteiger charge is 2.28. The lowest BCUT2D eigenvalue weighted by atomic mass is 10.0. The first-order chi connectivity index (χ1) is 14.6. The Morgan fingerprint density at radius 1 is 0.903 bits per heavy atom. The molecule has 3 atom stereocenters. The summed E-state index contributed by atoms with van der Waals surface area (Å²) in [6.45, 7) is -0.0346. The van der Waals surface area contributed by atoms with Crippen molar-refractivity contribution in [3.8, 4) is 5.75 Å². The molecule has 1 aromatic rings. The molecule has 0 aliphatic carbocycles. The predicted octanol–water partition coefficient (Wildman–Crippen LogP) is -0.656. The van der Waals surface area contributed by atoms with Crippen LogP contribution in [0, 0.1) is 0 Å². The van der Waals surface area contributed by atoms with Gasteiger partial charge in [-0.1, -0.05) is 12.1 Å². The van der Waals surface area contributed by atoms with E-state index in [0.29, 0.717) is 18.4 Å². The fourth-order valence-corrected chi connectivity index (χ4v) is 2.76. The minimum Gasteiger partial charge on any atom is -0.508 e. The number of hydrogen-bond acceptors (Lipinski definition) is 7. The predicted molar refractivity (Wildman–Crippen MR) is 109 cm³/mol. The monoisotopic (exact) mass is 439 g/mol. The molecule has 0 fully saturated rings. The highest BCUT2D eigenvalue weighted by Crippen LogP contribution is 2.12. The Morgan fingerprint density at radius 2 is 1.52 bits per heavy atom. The molecule has 11 nitrogen and oxygen atoms in total. The topological polar surface area (TPSA) is 199 Å². The van der Waals surface area contributed by atoms with Gasteiger partial charge in [-0.25, -0.2) is 4.79 Å². The van der Waals surface area contributed by atoms with E-state index < -0.39 is 48.3 Å². The summed E-state index contributed by atoms with van der Waals surface area (Å²) in [6, 6.07) is 2.35. The first-order valence-electron chi connectivity index (χ1n) is 9.83. The number of aliphatic hydroxyl groups is 1. The number of rotatable bonds is 14. The SMILES string of the molecule is N[C@@H](CCCCO)C(=O)N[C@@H](Cc1ccc(O)cc1)C(=O)N[C@@H](CCC(=O)O)C(=O)O. The van der Waals surface area contributed by atoms with Gasteiger partial charge in [-0.05, 0) is 43.4 Å². The van der Waals surface area contributed by atoms with Crippen molar-refractivity contribution in [2.45, 2.75) is 56.7 Å². The number of amides is 2. The Balaban J connectivity index is 2.92. The van der Waals surface area contributed by atoms with Crippen LogP contribution in [-0.4, -0.2) is 68.9 Å². The lowest BCUT2D eigenvalue weighted by molar-refractivity contribution is -0.143. The number of aromatic hydroxyl groups is 1. The first kappa shape index (κ1) is 25.9. The van der Waals surface area contributed by atoms with E-state index >= 15 is 0 Å². The average molecular weight is 439 g/mol. The number of carboxylic acid groups (broad SMARTS) is 2. The molecule has 0 aliphatic heterocycles. The molecule has 0 heterocycles. The Bertz CT molecular complexity index is 753. The van der Waals surface area contributed by atoms with Gasteiger partial charge in [0.2, 0.25) is 11.8 Å². The van der Waals surface area contributed by atoms with Crippen LogP contribution in [0.25, 0.3) is 0 Å². The zero-order valence-corrected chi connectivity index (χ0v) is 17.0. The van der Waals surface area contributed by atoms with Gasteiger partial charge < -0.3 is 36.8 Å². The highest BCUT2D eigenvalue weighted by molar-refractivity contribution is 5.92. The molecule has 1 rings (SSSR count). The van der Waals surface area contributed by atoms with Crippen molar-refractivity contribution >= 4 is 23.8 Å². The van der Waals surface area contributed by atoms with E-state index in [1.807, 2.05) is 0 Å². The van der Waals surface area contributed by atoms with Gasteiger partial charge in [0, 0.05) is 19.4 Å². The van der Waals surface area contributed by atoms with Gasteiger partial charge >= 0.3 is 11.9 Å². The number of phenolic OH excluding ortho intramolecular Hbond substituents is 1. The van der Waals surface area contributed by atoms with E-state index in [2.05, 4.69) is 10.6 Å². The average Bonchev–Trinajstić information content (AvgIpc) is 2.71. The summed E-state index contributed by atoms with van der Waals surface area (Å²) in [5, 5.41) is 41.0. The molecule has 0 saturated heterocycles. The lowest BCUT2D eigenvalue weighted by Crippen LogP contribution is -2.55. The summed E-state index contributed by atoms with van der Waals surface area (Å²) in [5.41, 5.74) is 6.42. The third-order valence-corrected chi connectivity index (χ3v) is 4.53. The second kappa shape index (κ2) is 13.2. The fraction of sp³-hybridized carbons (Fsp3) is 0.500. The molecule has 2 amide bonds. The summed E-state index contributed by atoms with van der Waals surface area (Å²) >= 11 is 0. The summed E-state index contributed by atoms with van der Waals surface area (Å²) in [6.07, 6.45) is 0.486. The van der Waals surface area contributed by atoms with Crippen molar-refractivity contribution in [1.82, 2.24) is 10.6 Å². The standard InChI is InChI=1S/C20H29N3O8/c21-14(3-1-2-10-24)18(28)23-16(11-12-4-6-13(25)7-5-12)19(29)22-15(20(30)31)8-9-17(26)27/h4-7,14-16,24-25H,1-3,8-11,21H2,(H,22,29)(H,23,28)(H,26,27)(H,30,31)/t14-,15-,16-/m0/s1. The van der Waals surface area contributed by atoms with Crippen LogP contribution in [0.5, 0.6) is 5.75 Å². The van der Waals surface area contributed by atoms with Crippen LogP contribution in [0.2, 0.25) is 0 Å². The number of unbranched alkanes of at least 4 members (excludes halogenated alkanes) is 1. The minimum atomic E-state index is -1.44. The van der Waals surface area contributed by atoms with E-state index in [9.17, 15) is 29.4 Å². The van der Waals surface area contributed by atoms with Crippen LogP contribution in [0.3, 0.4) is 0 Å². The van der Waals surface area contributed by atoms with Crippen molar-refractivity contribution in [3.63, 3.8) is 0 Å². The second-order valence-electron chi connectivity index (χ2n) is 7.09. The zero-order valence-electron chi connectivity index (χ0n) is 17.0. The molecule has 0 bridgehead atoms. The fourth-order valence-electron chi connectivity index (χ4n) is 2.76. The number of benzene rings is 1. The van der Waals surface area contributed by atoms with E-state index in [1.165, 1.54) is 12.1 Å². The molecule has 0 aliphatic rings. The van der Waals surface area contributed by atoms with Crippen molar-refractivity contribution in [2.24, 2.45) is 5.73 Å². The van der Waals surface area contributed by atoms with Crippen LogP contribution in [0.15, 0.2) is 24.3 Å². The number of nitrogens with two attached hydrogens (primary N) is 1. The molecule has 8 N–H and O–H groups in total. The zero-order chi connectivity index (χ0) is 23.4. The van der Waals surface area contributed by atoms with Gasteiger partial charge in [0.05, 0.1) is 6.04 Å². The third kappa shape index (κ3) is 9.92. The molecular weight excluding hydrogens is 410 g/mol. The van der Waals surface area contributed by atoms with Gasteiger partial charge in [0.25, 0.3) is 0 Å². The van der Waals surface area contributed by atoms with E-state index in [0.717, 1.165) is 0 Å². The second-order valence-corrected chi connectivity index (χ2v) is 7.09. The normalized spacial score (nSPS) is 13.6. The van der Waals surface area contributed by atoms with Crippen molar-refractivity contribution in [3.05, 3.63) is 29.8 Å². The van der Waals surface area contributed by atoms with E-state index in [4.69, 9.17) is 15.9 Å². The van der Waals surface area contributed by atoms with Gasteiger partial charge in [-0.2, -0.15) is 0 Å². The number of phenols is 1. The molecular formula is C20H29N3O8. The van der Waals surface area contributed by atoms with Gasteiger partial charge in [-0.3, -0.25) is 14.4 Å². The molecule has 0 aromatic heterocycles. The molecule has 0 saturated carbocycles. The number of aliphatic carboxylic acids is 2. The van der Waals surface area contributed by atoms with Crippen molar-refractivity contribution in [1.29, 1.82) is 0 Å². The first-order valence-corrected chi connectivity index (χ1v) is 9.83. The summed E-state index contributed by atoms with van der Waals surface area (Å²) in [4.78, 5) is 47.3. The van der Waals surface area contributed by atoms with Gasteiger partial charge in [-0.15, -0.1) is 0 Å². The molecule has 1 aromatic carbocycles. The third-order valence-electron chi connectivity index (χ3n) is 4.53. The van der Waals surface area contributed by atoms with Crippen LogP contribution in [-0.2, 0) is 25.6 Å². The number of nitrogens with one attached hydrogen (secondary N) is 2. The summed E-state index contributed by atoms with van der Waals surface area (Å²) < 4.78 is 0. The summed E-state index contributed by atoms with van der Waals surface area (Å²) in [5.74, 6) is -4.01. The lowest BCUT2D eigenvalue weighted by Gasteiger charge is -2.23. The minimum absolute atomic E-state index is 0.00746. The molecule has 0 spiro atoms. The quantitative estimate of drug-likeness (QED) is 0.184. The Hall–Kier alpha value is -3.18. The van der Waals surface area contributed by atoms with Crippen molar-refractivity contribution in [2.75, 3.05) is 6.61 Å². The maximum Gasteiger partial charge on any atom is 0.326 e. The smallest absolute Gasteiger partial charge is 0.326 e. The number of aliphatic hydroxyl groups excluding tert-OH is 1. The van der Waals surface area contributed by atoms with E-state index in [1.54, 1.807) is 12.1 Å². The molecule has 172 valence electrons. The van der Waals surface area contributed by atoms with Crippen LogP contribution >= 0.6 is 0 Å². The number of carboxylic acids is 2. The van der Waals surface area contributed by atoms with Crippen LogP contribution in [0.1, 0.15) is 37.7 Å². The summed E-state index contributed by atoms with van der Waals surface area (Å²) in [7, 11) is 0. The molecule has 0 unspecified atom stereocenters.